The molecule has 0 bridgehead atoms. The van der Waals surface area contributed by atoms with Crippen LogP contribution in [0.5, 0.6) is 0 Å². The van der Waals surface area contributed by atoms with Gasteiger partial charge in [-0.05, 0) is 50.4 Å². The van der Waals surface area contributed by atoms with Gasteiger partial charge in [0.2, 0.25) is 10.0 Å². The van der Waals surface area contributed by atoms with Gasteiger partial charge in [-0.3, -0.25) is 0 Å². The Bertz CT molecular complexity index is 555. The van der Waals surface area contributed by atoms with E-state index in [2.05, 4.69) is 23.5 Å². The van der Waals surface area contributed by atoms with Gasteiger partial charge < -0.3 is 10.6 Å². The lowest BCUT2D eigenvalue weighted by Crippen LogP contribution is -2.33. The van der Waals surface area contributed by atoms with E-state index in [1.807, 2.05) is 0 Å². The van der Waals surface area contributed by atoms with E-state index >= 15 is 0 Å². The van der Waals surface area contributed by atoms with E-state index < -0.39 is 10.0 Å². The van der Waals surface area contributed by atoms with Crippen LogP contribution in [0.3, 0.4) is 0 Å². The molecule has 1 saturated heterocycles. The summed E-state index contributed by atoms with van der Waals surface area (Å²) in [4.78, 5) is 2.69. The standard InChI is InChI=1S/C15H25N3O2S/c1-12(2)18-8-7-14(11-18)10-17-21(19,20)15-5-3-13(9-16)4-6-15/h3-6,12,14,17H,7-11,16H2,1-2H3. The van der Waals surface area contributed by atoms with E-state index in [9.17, 15) is 8.42 Å². The van der Waals surface area contributed by atoms with Crippen molar-refractivity contribution in [3.8, 4) is 0 Å². The summed E-state index contributed by atoms with van der Waals surface area (Å²) in [5.74, 6) is 0.394. The summed E-state index contributed by atoms with van der Waals surface area (Å²) in [6.45, 7) is 7.28. The Kier molecular flexibility index (Phi) is 5.37. The van der Waals surface area contributed by atoms with Crippen molar-refractivity contribution in [3.05, 3.63) is 29.8 Å². The summed E-state index contributed by atoms with van der Waals surface area (Å²) < 4.78 is 27.2. The molecule has 1 unspecified atom stereocenters. The average molecular weight is 311 g/mol. The maximum absolute atomic E-state index is 12.2. The Morgan fingerprint density at radius 3 is 2.52 bits per heavy atom. The summed E-state index contributed by atoms with van der Waals surface area (Å²) in [5.41, 5.74) is 6.45. The highest BCUT2D eigenvalue weighted by atomic mass is 32.2. The maximum atomic E-state index is 12.2. The molecular formula is C15H25N3O2S. The lowest BCUT2D eigenvalue weighted by molar-refractivity contribution is 0.265. The monoisotopic (exact) mass is 311 g/mol. The van der Waals surface area contributed by atoms with Crippen LogP contribution >= 0.6 is 0 Å². The summed E-state index contributed by atoms with van der Waals surface area (Å²) in [7, 11) is -3.42. The van der Waals surface area contributed by atoms with Crippen molar-refractivity contribution in [2.45, 2.75) is 37.8 Å². The Hall–Kier alpha value is -0.950. The average Bonchev–Trinajstić information content (AvgIpc) is 2.94. The third kappa shape index (κ3) is 4.26. The van der Waals surface area contributed by atoms with Crippen molar-refractivity contribution in [2.24, 2.45) is 11.7 Å². The van der Waals surface area contributed by atoms with Crippen LogP contribution in [0.4, 0.5) is 0 Å². The second-order valence-electron chi connectivity index (χ2n) is 5.94. The molecule has 1 aliphatic heterocycles. The van der Waals surface area contributed by atoms with Crippen LogP contribution in [-0.2, 0) is 16.6 Å². The first-order chi connectivity index (χ1) is 9.92. The Balaban J connectivity index is 1.92. The molecule has 1 atom stereocenters. The van der Waals surface area contributed by atoms with E-state index in [-0.39, 0.29) is 0 Å². The molecule has 0 radical (unpaired) electrons. The summed E-state index contributed by atoms with van der Waals surface area (Å²) in [6.07, 6.45) is 1.05. The SMILES string of the molecule is CC(C)N1CCC(CNS(=O)(=O)c2ccc(CN)cc2)C1. The molecule has 6 heteroatoms. The molecular weight excluding hydrogens is 286 g/mol. The van der Waals surface area contributed by atoms with Crippen LogP contribution in [0, 0.1) is 5.92 Å². The minimum atomic E-state index is -3.42. The van der Waals surface area contributed by atoms with Gasteiger partial charge in [-0.1, -0.05) is 12.1 Å². The van der Waals surface area contributed by atoms with Crippen LogP contribution in [0.25, 0.3) is 0 Å². The second-order valence-corrected chi connectivity index (χ2v) is 7.71. The van der Waals surface area contributed by atoms with Crippen molar-refractivity contribution < 1.29 is 8.42 Å². The smallest absolute Gasteiger partial charge is 0.240 e. The number of rotatable bonds is 6. The van der Waals surface area contributed by atoms with Gasteiger partial charge >= 0.3 is 0 Å². The minimum absolute atomic E-state index is 0.304. The molecule has 0 aromatic heterocycles. The fraction of sp³-hybridized carbons (Fsp3) is 0.600. The number of hydrogen-bond acceptors (Lipinski definition) is 4. The first-order valence-corrected chi connectivity index (χ1v) is 8.93. The largest absolute Gasteiger partial charge is 0.326 e. The van der Waals surface area contributed by atoms with E-state index in [4.69, 9.17) is 5.73 Å². The van der Waals surface area contributed by atoms with Crippen LogP contribution in [0.2, 0.25) is 0 Å². The number of nitrogens with zero attached hydrogens (tertiary/aromatic N) is 1. The highest BCUT2D eigenvalue weighted by Crippen LogP contribution is 2.18. The predicted octanol–water partition coefficient (Wildman–Crippen LogP) is 1.15. The van der Waals surface area contributed by atoms with Gasteiger partial charge in [-0.2, -0.15) is 0 Å². The fourth-order valence-electron chi connectivity index (χ4n) is 2.61. The molecule has 1 heterocycles. The zero-order valence-corrected chi connectivity index (χ0v) is 13.6. The van der Waals surface area contributed by atoms with E-state index in [1.165, 1.54) is 0 Å². The predicted molar refractivity (Wildman–Crippen MR) is 84.3 cm³/mol. The summed E-state index contributed by atoms with van der Waals surface area (Å²) in [5, 5.41) is 0. The topological polar surface area (TPSA) is 75.4 Å². The van der Waals surface area contributed by atoms with Crippen molar-refractivity contribution >= 4 is 10.0 Å². The molecule has 1 aromatic carbocycles. The molecule has 1 aromatic rings. The molecule has 0 spiro atoms. The fourth-order valence-corrected chi connectivity index (χ4v) is 3.73. The van der Waals surface area contributed by atoms with Crippen molar-refractivity contribution in [1.29, 1.82) is 0 Å². The lowest BCUT2D eigenvalue weighted by atomic mass is 10.1. The van der Waals surface area contributed by atoms with Gasteiger partial charge in [-0.25, -0.2) is 13.1 Å². The molecule has 2 rings (SSSR count). The summed E-state index contributed by atoms with van der Waals surface area (Å²) >= 11 is 0. The zero-order chi connectivity index (χ0) is 15.5. The minimum Gasteiger partial charge on any atom is -0.326 e. The number of sulfonamides is 1. The number of hydrogen-bond donors (Lipinski definition) is 2. The molecule has 1 aliphatic rings. The first-order valence-electron chi connectivity index (χ1n) is 7.45. The van der Waals surface area contributed by atoms with Crippen LogP contribution in [-0.4, -0.2) is 39.0 Å². The first kappa shape index (κ1) is 16.4. The van der Waals surface area contributed by atoms with E-state index in [1.54, 1.807) is 24.3 Å². The van der Waals surface area contributed by atoms with Gasteiger partial charge in [0.1, 0.15) is 0 Å². The van der Waals surface area contributed by atoms with Gasteiger partial charge in [0.05, 0.1) is 4.90 Å². The number of benzene rings is 1. The number of nitrogens with one attached hydrogen (secondary N) is 1. The molecule has 0 saturated carbocycles. The number of likely N-dealkylation sites (tertiary alicyclic amines) is 1. The van der Waals surface area contributed by atoms with Crippen molar-refractivity contribution in [1.82, 2.24) is 9.62 Å². The quantitative estimate of drug-likeness (QED) is 0.826. The Morgan fingerprint density at radius 1 is 1.33 bits per heavy atom. The van der Waals surface area contributed by atoms with Crippen molar-refractivity contribution in [2.75, 3.05) is 19.6 Å². The van der Waals surface area contributed by atoms with Crippen LogP contribution < -0.4 is 10.5 Å². The normalized spacial score (nSPS) is 20.3. The van der Waals surface area contributed by atoms with E-state index in [0.717, 1.165) is 25.1 Å². The summed E-state index contributed by atoms with van der Waals surface area (Å²) in [6, 6.07) is 7.25. The highest BCUT2D eigenvalue weighted by Gasteiger charge is 2.25. The molecule has 21 heavy (non-hydrogen) atoms. The second kappa shape index (κ2) is 6.87. The lowest BCUT2D eigenvalue weighted by Gasteiger charge is -2.20. The molecule has 1 fully saturated rings. The molecule has 3 N–H and O–H groups in total. The molecule has 118 valence electrons. The van der Waals surface area contributed by atoms with Crippen LogP contribution in [0.1, 0.15) is 25.8 Å². The third-order valence-electron chi connectivity index (χ3n) is 4.08. The zero-order valence-electron chi connectivity index (χ0n) is 12.7. The molecule has 5 nitrogen and oxygen atoms in total. The van der Waals surface area contributed by atoms with E-state index in [0.29, 0.717) is 29.9 Å². The highest BCUT2D eigenvalue weighted by molar-refractivity contribution is 7.89. The Morgan fingerprint density at radius 2 is 2.00 bits per heavy atom. The molecule has 0 aliphatic carbocycles. The maximum Gasteiger partial charge on any atom is 0.240 e. The van der Waals surface area contributed by atoms with Gasteiger partial charge in [0.25, 0.3) is 0 Å². The van der Waals surface area contributed by atoms with Crippen LogP contribution in [0.15, 0.2) is 29.2 Å². The third-order valence-corrected chi connectivity index (χ3v) is 5.52. The Labute approximate surface area is 127 Å². The van der Waals surface area contributed by atoms with Crippen molar-refractivity contribution in [3.63, 3.8) is 0 Å². The molecule has 0 amide bonds. The number of nitrogens with two attached hydrogens (primary N) is 1. The van der Waals surface area contributed by atoms with Gasteiger partial charge in [-0.15, -0.1) is 0 Å². The van der Waals surface area contributed by atoms with Gasteiger partial charge in [0.15, 0.2) is 0 Å². The van der Waals surface area contributed by atoms with Gasteiger partial charge in [0, 0.05) is 25.7 Å².